The first kappa shape index (κ1) is 30.4. The first-order valence-corrected chi connectivity index (χ1v) is 14.2. The van der Waals surface area contributed by atoms with Crippen molar-refractivity contribution < 1.29 is 34.1 Å². The number of amides is 2. The minimum Gasteiger partial charge on any atom is -0.481 e. The summed E-state index contributed by atoms with van der Waals surface area (Å²) < 4.78 is 6.61. The summed E-state index contributed by atoms with van der Waals surface area (Å²) in [4.78, 5) is 55.6. The van der Waals surface area contributed by atoms with E-state index in [4.69, 9.17) is 4.74 Å². The molecule has 4 aliphatic rings. The van der Waals surface area contributed by atoms with Crippen molar-refractivity contribution in [3.63, 3.8) is 0 Å². The molecule has 5 rings (SSSR count). The van der Waals surface area contributed by atoms with Gasteiger partial charge in [0.1, 0.15) is 5.60 Å². The Balaban J connectivity index is 1.65. The van der Waals surface area contributed by atoms with Crippen LogP contribution in [0, 0.1) is 6.92 Å². The number of aromatic nitrogens is 1. The quantitative estimate of drug-likeness (QED) is 0.273. The molecule has 5 N–H and O–H groups in total. The maximum Gasteiger partial charge on any atom is 0.303 e. The van der Waals surface area contributed by atoms with Gasteiger partial charge in [-0.2, -0.15) is 0 Å². The van der Waals surface area contributed by atoms with Crippen LogP contribution >= 0.6 is 0 Å². The van der Waals surface area contributed by atoms with Gasteiger partial charge in [-0.3, -0.25) is 19.2 Å². The van der Waals surface area contributed by atoms with Crippen LogP contribution in [0.15, 0.2) is 75.6 Å². The number of carbonyl (C=O) groups is 4. The highest BCUT2D eigenvalue weighted by Crippen LogP contribution is 2.50. The molecule has 228 valence electrons. The zero-order chi connectivity index (χ0) is 32.1. The molecular formula is C33H34N4O7. The summed E-state index contributed by atoms with van der Waals surface area (Å²) in [6.45, 7) is 14.7. The fourth-order valence-electron chi connectivity index (χ4n) is 6.28. The third-order valence-corrected chi connectivity index (χ3v) is 8.69. The summed E-state index contributed by atoms with van der Waals surface area (Å²) in [5, 5.41) is 26.6. The number of rotatable bonds is 10. The Morgan fingerprint density at radius 3 is 2.30 bits per heavy atom. The molecule has 0 radical (unpaired) electrons. The molecule has 11 nitrogen and oxygen atoms in total. The van der Waals surface area contributed by atoms with Gasteiger partial charge in [0.15, 0.2) is 5.72 Å². The summed E-state index contributed by atoms with van der Waals surface area (Å²) in [6.07, 6.45) is 8.51. The van der Waals surface area contributed by atoms with E-state index >= 15 is 0 Å². The van der Waals surface area contributed by atoms with Gasteiger partial charge in [0.05, 0.1) is 11.4 Å². The molecule has 5 heterocycles. The van der Waals surface area contributed by atoms with Gasteiger partial charge in [0.25, 0.3) is 5.91 Å². The number of hydrogen-bond donors (Lipinski definition) is 5. The summed E-state index contributed by atoms with van der Waals surface area (Å²) in [5.41, 5.74) is 3.78. The highest BCUT2D eigenvalue weighted by atomic mass is 16.5. The molecule has 0 aromatic carbocycles. The molecule has 11 heteroatoms. The maximum absolute atomic E-state index is 12.6. The molecule has 2 atom stereocenters. The second-order valence-corrected chi connectivity index (χ2v) is 11.3. The lowest BCUT2D eigenvalue weighted by atomic mass is 9.91. The van der Waals surface area contributed by atoms with Crippen LogP contribution in [-0.4, -0.2) is 56.0 Å². The van der Waals surface area contributed by atoms with Crippen LogP contribution in [0.1, 0.15) is 51.2 Å². The lowest BCUT2D eigenvalue weighted by molar-refractivity contribution is -0.138. The summed E-state index contributed by atoms with van der Waals surface area (Å²) >= 11 is 0. The van der Waals surface area contributed by atoms with Gasteiger partial charge in [-0.05, 0) is 81.0 Å². The van der Waals surface area contributed by atoms with Gasteiger partial charge in [0.2, 0.25) is 5.91 Å². The number of carboxylic acids is 2. The summed E-state index contributed by atoms with van der Waals surface area (Å²) in [5.74, 6) is -2.58. The molecule has 1 spiro atoms. The molecule has 0 aliphatic carbocycles. The first-order chi connectivity index (χ1) is 20.7. The van der Waals surface area contributed by atoms with Crippen LogP contribution in [0.3, 0.4) is 0 Å². The lowest BCUT2D eigenvalue weighted by Crippen LogP contribution is -2.47. The molecule has 0 bridgehead atoms. The van der Waals surface area contributed by atoms with Crippen LogP contribution < -0.4 is 21.3 Å². The van der Waals surface area contributed by atoms with Crippen molar-refractivity contribution in [3.8, 4) is 0 Å². The maximum atomic E-state index is 12.6. The summed E-state index contributed by atoms with van der Waals surface area (Å²) in [7, 11) is 0. The van der Waals surface area contributed by atoms with Crippen LogP contribution in [0.5, 0.6) is 0 Å². The molecule has 0 saturated heterocycles. The smallest absolute Gasteiger partial charge is 0.303 e. The van der Waals surface area contributed by atoms with Gasteiger partial charge in [-0.25, -0.2) is 4.99 Å². The monoisotopic (exact) mass is 598 g/mol. The zero-order valence-corrected chi connectivity index (χ0v) is 25.0. The van der Waals surface area contributed by atoms with E-state index in [-0.39, 0.29) is 37.5 Å². The number of allylic oxidation sites excluding steroid dienone is 2. The zero-order valence-electron chi connectivity index (χ0n) is 25.0. The van der Waals surface area contributed by atoms with Gasteiger partial charge in [-0.1, -0.05) is 25.3 Å². The first-order valence-electron chi connectivity index (χ1n) is 14.2. The largest absolute Gasteiger partial charge is 0.481 e. The molecule has 2 amide bonds. The number of ether oxygens (including phenoxy) is 1. The molecule has 1 aromatic heterocycles. The van der Waals surface area contributed by atoms with Crippen molar-refractivity contribution in [1.29, 1.82) is 0 Å². The molecular weight excluding hydrogens is 564 g/mol. The summed E-state index contributed by atoms with van der Waals surface area (Å²) in [6, 6.07) is 0. The van der Waals surface area contributed by atoms with Crippen molar-refractivity contribution in [2.75, 3.05) is 0 Å². The minimum atomic E-state index is -1.24. The predicted octanol–water partition coefficient (Wildman–Crippen LogP) is 2.11. The highest BCUT2D eigenvalue weighted by molar-refractivity contribution is 6.31. The van der Waals surface area contributed by atoms with Crippen LogP contribution in [0.4, 0.5) is 0 Å². The number of fused-ring (bicyclic) bond motifs is 1. The van der Waals surface area contributed by atoms with Crippen molar-refractivity contribution >= 4 is 41.6 Å². The van der Waals surface area contributed by atoms with E-state index in [2.05, 4.69) is 33.8 Å². The molecule has 4 aliphatic heterocycles. The van der Waals surface area contributed by atoms with Crippen LogP contribution in [0.25, 0.3) is 12.2 Å². The second kappa shape index (κ2) is 10.9. The standard InChI is InChI=1S/C33H34N4O7/c1-7-19-16(3)24(36-31(19)43)13-23-17(4)20(9-11-28(38)39)25(34-23)14-26-22(10-12-29(40)41)32(6)27(35-26)15-33(44-32)21(8-2)18(5)30(42)37-33/h7-8,13-15,34-35H,1-2,9-12H2,3-6H3,(H,37,42)(H,38,39)(H,40,41)/b23-13-,25-14-. The predicted molar refractivity (Wildman–Crippen MR) is 163 cm³/mol. The number of aliphatic imine (C=N–C) groups is 1. The molecule has 0 saturated carbocycles. The molecule has 44 heavy (non-hydrogen) atoms. The van der Waals surface area contributed by atoms with Gasteiger partial charge in [0, 0.05) is 46.0 Å². The number of H-pyrrole nitrogens is 1. The van der Waals surface area contributed by atoms with Crippen LogP contribution in [0.2, 0.25) is 0 Å². The SMILES string of the molecule is C=CC1=C(C)C(/C=c2\[nH]/c(=C\C3=C(CCC(=O)O)C4(C)OC5(C=C4N3)NC(=O)C(C)=C5C=C)c(CCC(=O)O)c2C)=NC1=O. The number of aromatic amines is 1. The van der Waals surface area contributed by atoms with Crippen molar-refractivity contribution in [2.45, 2.75) is 64.7 Å². The Kier molecular flexibility index (Phi) is 7.54. The number of carbonyl (C=O) groups excluding carboxylic acids is 2. The third kappa shape index (κ3) is 4.88. The Bertz CT molecular complexity index is 1870. The fourth-order valence-corrected chi connectivity index (χ4v) is 6.28. The number of nitrogens with one attached hydrogen (secondary N) is 3. The van der Waals surface area contributed by atoms with Gasteiger partial charge < -0.3 is 30.6 Å². The fraction of sp³-hybridized carbons (Fsp3) is 0.303. The third-order valence-electron chi connectivity index (χ3n) is 8.69. The topological polar surface area (TPSA) is 170 Å². The molecule has 0 fully saturated rings. The molecule has 2 unspecified atom stereocenters. The van der Waals surface area contributed by atoms with E-state index in [1.165, 1.54) is 6.08 Å². The van der Waals surface area contributed by atoms with E-state index < -0.39 is 23.3 Å². The van der Waals surface area contributed by atoms with Crippen molar-refractivity contribution in [1.82, 2.24) is 15.6 Å². The minimum absolute atomic E-state index is 0.111. The van der Waals surface area contributed by atoms with Crippen LogP contribution in [-0.2, 0) is 30.3 Å². The van der Waals surface area contributed by atoms with E-state index in [1.54, 1.807) is 32.1 Å². The van der Waals surface area contributed by atoms with Gasteiger partial charge >= 0.3 is 11.9 Å². The Hall–Kier alpha value is -5.03. The Labute approximate surface area is 253 Å². The average molecular weight is 599 g/mol. The Morgan fingerprint density at radius 1 is 1.00 bits per heavy atom. The average Bonchev–Trinajstić information content (AvgIpc) is 3.62. The normalized spacial score (nSPS) is 25.2. The van der Waals surface area contributed by atoms with Gasteiger partial charge in [-0.15, -0.1) is 0 Å². The second-order valence-electron chi connectivity index (χ2n) is 11.3. The van der Waals surface area contributed by atoms with Crippen molar-refractivity contribution in [2.24, 2.45) is 4.99 Å². The van der Waals surface area contributed by atoms with E-state index in [0.717, 1.165) is 11.1 Å². The Morgan fingerprint density at radius 2 is 1.68 bits per heavy atom. The number of nitrogens with zero attached hydrogens (tertiary/aromatic N) is 1. The number of aliphatic carboxylic acids is 2. The number of hydrogen-bond acceptors (Lipinski definition) is 6. The lowest BCUT2D eigenvalue weighted by Gasteiger charge is -2.32. The number of carboxylic acid groups (broad SMARTS) is 2. The van der Waals surface area contributed by atoms with Crippen molar-refractivity contribution in [3.05, 3.63) is 92.5 Å². The van der Waals surface area contributed by atoms with E-state index in [0.29, 0.717) is 55.7 Å². The van der Waals surface area contributed by atoms with E-state index in [1.807, 2.05) is 19.9 Å². The molecule has 1 aromatic rings. The highest BCUT2D eigenvalue weighted by Gasteiger charge is 2.57. The van der Waals surface area contributed by atoms with E-state index in [9.17, 15) is 29.4 Å².